The predicted molar refractivity (Wildman–Crippen MR) is 143 cm³/mol. The van der Waals surface area contributed by atoms with Gasteiger partial charge in [-0.2, -0.15) is 0 Å². The quantitative estimate of drug-likeness (QED) is 0.371. The number of unbranched alkanes of at least 4 members (excludes halogenated alkanes) is 1. The molecule has 35 heavy (non-hydrogen) atoms. The molecular weight excluding hydrogens is 440 g/mol. The fraction of sp³-hybridized carbons (Fsp3) is 0.714. The number of rotatable bonds is 13. The molecule has 1 aromatic carbocycles. The van der Waals surface area contributed by atoms with Crippen LogP contribution in [0.4, 0.5) is 5.69 Å². The topological polar surface area (TPSA) is 98.9 Å². The number of nitrogens with two attached hydrogens (primary N) is 1. The van der Waals surface area contributed by atoms with Gasteiger partial charge in [-0.25, -0.2) is 0 Å². The second kappa shape index (κ2) is 13.4. The Morgan fingerprint density at radius 3 is 2.63 bits per heavy atom. The summed E-state index contributed by atoms with van der Waals surface area (Å²) in [5.41, 5.74) is 8.21. The van der Waals surface area contributed by atoms with Crippen LogP contribution < -0.4 is 16.0 Å². The number of carbonyl (C=O) groups excluding carboxylic acids is 2. The first-order chi connectivity index (χ1) is 16.4. The third kappa shape index (κ3) is 9.21. The third-order valence-corrected chi connectivity index (χ3v) is 6.94. The molecule has 1 aliphatic heterocycles. The minimum absolute atomic E-state index is 0.0461. The van der Waals surface area contributed by atoms with Gasteiger partial charge in [-0.3, -0.25) is 9.59 Å². The highest BCUT2D eigenvalue weighted by Gasteiger charge is 2.34. The van der Waals surface area contributed by atoms with E-state index in [9.17, 15) is 14.7 Å². The molecule has 2 amide bonds. The molecule has 1 aliphatic rings. The Hall–Kier alpha value is -1.96. The summed E-state index contributed by atoms with van der Waals surface area (Å²) >= 11 is 0. The molecule has 4 atom stereocenters. The number of para-hydroxylation sites is 1. The number of carbonyl (C=O) groups is 2. The van der Waals surface area contributed by atoms with E-state index in [1.807, 2.05) is 43.9 Å². The Kier molecular flexibility index (Phi) is 11.2. The zero-order chi connectivity index (χ0) is 26.2. The Labute approximate surface area is 212 Å². The number of hydrogen-bond acceptors (Lipinski definition) is 5. The minimum atomic E-state index is -0.795. The van der Waals surface area contributed by atoms with Gasteiger partial charge in [0.2, 0.25) is 11.8 Å². The van der Waals surface area contributed by atoms with Gasteiger partial charge < -0.3 is 26.0 Å². The van der Waals surface area contributed by atoms with E-state index >= 15 is 0 Å². The summed E-state index contributed by atoms with van der Waals surface area (Å²) in [6.45, 7) is 10.3. The van der Waals surface area contributed by atoms with Crippen LogP contribution in [0.5, 0.6) is 0 Å². The summed E-state index contributed by atoms with van der Waals surface area (Å²) in [4.78, 5) is 29.9. The molecule has 0 saturated carbocycles. The fourth-order valence-electron chi connectivity index (χ4n) is 5.11. The van der Waals surface area contributed by atoms with E-state index in [4.69, 9.17) is 5.73 Å². The van der Waals surface area contributed by atoms with E-state index in [0.717, 1.165) is 31.5 Å². The Morgan fingerprint density at radius 2 is 1.97 bits per heavy atom. The van der Waals surface area contributed by atoms with Crippen molar-refractivity contribution >= 4 is 17.5 Å². The zero-order valence-corrected chi connectivity index (χ0v) is 22.7. The van der Waals surface area contributed by atoms with Crippen molar-refractivity contribution < 1.29 is 14.7 Å². The first kappa shape index (κ1) is 29.3. The summed E-state index contributed by atoms with van der Waals surface area (Å²) in [5.74, 6) is 0.128. The van der Waals surface area contributed by atoms with Gasteiger partial charge in [0.15, 0.2) is 0 Å². The number of benzene rings is 1. The average Bonchev–Trinajstić information content (AvgIpc) is 2.77. The number of aliphatic hydroxyl groups is 1. The van der Waals surface area contributed by atoms with Crippen molar-refractivity contribution in [2.24, 2.45) is 23.0 Å². The van der Waals surface area contributed by atoms with E-state index in [2.05, 4.69) is 37.3 Å². The van der Waals surface area contributed by atoms with Crippen molar-refractivity contribution in [2.75, 3.05) is 38.6 Å². The maximum Gasteiger partial charge on any atom is 0.227 e. The van der Waals surface area contributed by atoms with E-state index < -0.39 is 12.1 Å². The van der Waals surface area contributed by atoms with Gasteiger partial charge in [0.25, 0.3) is 0 Å². The highest BCUT2D eigenvalue weighted by Crippen LogP contribution is 2.34. The number of anilines is 1. The zero-order valence-electron chi connectivity index (χ0n) is 22.7. The predicted octanol–water partition coefficient (Wildman–Crippen LogP) is 3.19. The molecule has 0 bridgehead atoms. The minimum Gasteiger partial charge on any atom is -0.391 e. The molecule has 4 N–H and O–H groups in total. The van der Waals surface area contributed by atoms with Crippen molar-refractivity contribution in [3.63, 3.8) is 0 Å². The lowest BCUT2D eigenvalue weighted by atomic mass is 9.79. The van der Waals surface area contributed by atoms with Crippen molar-refractivity contribution in [1.82, 2.24) is 10.2 Å². The summed E-state index contributed by atoms with van der Waals surface area (Å²) in [7, 11) is 4.14. The van der Waals surface area contributed by atoms with Gasteiger partial charge in [-0.05, 0) is 62.7 Å². The second-order valence-electron chi connectivity index (χ2n) is 11.5. The Bertz CT molecular complexity index is 826. The van der Waals surface area contributed by atoms with Crippen LogP contribution in [-0.4, -0.2) is 67.7 Å². The van der Waals surface area contributed by atoms with E-state index in [-0.39, 0.29) is 23.1 Å². The highest BCUT2D eigenvalue weighted by molar-refractivity contribution is 5.95. The molecular formula is C28H48N4O3. The summed E-state index contributed by atoms with van der Waals surface area (Å²) in [5, 5.41) is 13.6. The molecule has 0 radical (unpaired) electrons. The lowest BCUT2D eigenvalue weighted by Gasteiger charge is -2.38. The lowest BCUT2D eigenvalue weighted by Crippen LogP contribution is -2.45. The number of amides is 2. The number of nitrogens with one attached hydrogen (secondary N) is 1. The average molecular weight is 489 g/mol. The molecule has 0 spiro atoms. The van der Waals surface area contributed by atoms with Crippen LogP contribution >= 0.6 is 0 Å². The summed E-state index contributed by atoms with van der Waals surface area (Å²) in [6.07, 6.45) is 3.31. The van der Waals surface area contributed by atoms with Gasteiger partial charge in [0.05, 0.1) is 6.10 Å². The number of hydrogen-bond donors (Lipinski definition) is 3. The monoisotopic (exact) mass is 488 g/mol. The molecule has 2 rings (SSSR count). The third-order valence-electron chi connectivity index (χ3n) is 6.94. The number of aliphatic hydroxyl groups excluding tert-OH is 1. The molecule has 0 fully saturated rings. The van der Waals surface area contributed by atoms with E-state index in [1.165, 1.54) is 5.56 Å². The summed E-state index contributed by atoms with van der Waals surface area (Å²) < 4.78 is 0. The maximum atomic E-state index is 13.5. The first-order valence-corrected chi connectivity index (χ1v) is 13.2. The largest absolute Gasteiger partial charge is 0.391 e. The molecule has 7 nitrogen and oxygen atoms in total. The molecule has 0 unspecified atom stereocenters. The Balaban J connectivity index is 1.97. The van der Waals surface area contributed by atoms with Crippen LogP contribution in [-0.2, 0) is 16.0 Å². The Morgan fingerprint density at radius 1 is 1.29 bits per heavy atom. The van der Waals surface area contributed by atoms with E-state index in [0.29, 0.717) is 38.3 Å². The van der Waals surface area contributed by atoms with E-state index in [1.54, 1.807) is 0 Å². The van der Waals surface area contributed by atoms with Crippen molar-refractivity contribution in [1.29, 1.82) is 0 Å². The fourth-order valence-corrected chi connectivity index (χ4v) is 5.11. The first-order valence-electron chi connectivity index (χ1n) is 13.2. The van der Waals surface area contributed by atoms with Crippen LogP contribution in [0.15, 0.2) is 24.3 Å². The normalized spacial score (nSPS) is 18.7. The molecule has 1 heterocycles. The number of fused-ring (bicyclic) bond motifs is 1. The molecule has 7 heteroatoms. The molecule has 1 aromatic rings. The van der Waals surface area contributed by atoms with Gasteiger partial charge in [-0.1, -0.05) is 52.3 Å². The lowest BCUT2D eigenvalue weighted by molar-refractivity contribution is -0.125. The van der Waals surface area contributed by atoms with Gasteiger partial charge in [-0.15, -0.1) is 0 Å². The van der Waals surface area contributed by atoms with Crippen LogP contribution in [0.3, 0.4) is 0 Å². The van der Waals surface area contributed by atoms with Crippen molar-refractivity contribution in [3.05, 3.63) is 29.8 Å². The second-order valence-corrected chi connectivity index (χ2v) is 11.5. The van der Waals surface area contributed by atoms with Crippen molar-refractivity contribution in [2.45, 2.75) is 78.4 Å². The van der Waals surface area contributed by atoms with Crippen LogP contribution in [0.2, 0.25) is 0 Å². The molecule has 0 saturated heterocycles. The standard InChI is InChI=1S/C28H48N4O3/c1-7-8-13-30-27(35)20(2)14-25(33)23(29)16-28(3,4)17-26(34)32-19-21(18-31(5)6)15-22-11-9-10-12-24(22)32/h9-12,20-21,23,25,33H,7-8,13-19,29H2,1-6H3,(H,30,35)/t20-,21-,23+,25+/m1/s1. The molecule has 0 aromatic heterocycles. The van der Waals surface area contributed by atoms with Crippen LogP contribution in [0.25, 0.3) is 0 Å². The summed E-state index contributed by atoms with van der Waals surface area (Å²) in [6, 6.07) is 7.68. The SMILES string of the molecule is CCCCNC(=O)[C@H](C)C[C@H](O)[C@@H](N)CC(C)(C)CC(=O)N1C[C@@H](CN(C)C)Cc2ccccc21. The smallest absolute Gasteiger partial charge is 0.227 e. The highest BCUT2D eigenvalue weighted by atomic mass is 16.3. The number of nitrogens with zero attached hydrogens (tertiary/aromatic N) is 2. The molecule has 198 valence electrons. The van der Waals surface area contributed by atoms with Crippen LogP contribution in [0, 0.1) is 17.3 Å². The van der Waals surface area contributed by atoms with Crippen LogP contribution in [0.1, 0.15) is 65.4 Å². The van der Waals surface area contributed by atoms with Gasteiger partial charge in [0, 0.05) is 43.7 Å². The molecule has 0 aliphatic carbocycles. The van der Waals surface area contributed by atoms with Crippen molar-refractivity contribution in [3.8, 4) is 0 Å². The van der Waals surface area contributed by atoms with Gasteiger partial charge in [0.1, 0.15) is 0 Å². The van der Waals surface area contributed by atoms with Gasteiger partial charge >= 0.3 is 0 Å². The maximum absolute atomic E-state index is 13.5.